The first-order valence-electron chi connectivity index (χ1n) is 8.22. The molecule has 2 atom stereocenters. The summed E-state index contributed by atoms with van der Waals surface area (Å²) in [5.74, 6) is 0. The first-order chi connectivity index (χ1) is 8.99. The summed E-state index contributed by atoms with van der Waals surface area (Å²) in [6.45, 7) is 15.5. The molecule has 0 bridgehead atoms. The lowest BCUT2D eigenvalue weighted by Gasteiger charge is -2.34. The molecule has 112 valence electrons. The van der Waals surface area contributed by atoms with Crippen molar-refractivity contribution < 1.29 is 0 Å². The number of hydrogen-bond donors (Lipinski definition) is 1. The lowest BCUT2D eigenvalue weighted by Crippen LogP contribution is -2.49. The molecule has 1 N–H and O–H groups in total. The Balaban J connectivity index is 1.90. The van der Waals surface area contributed by atoms with Crippen molar-refractivity contribution in [3.05, 3.63) is 0 Å². The summed E-state index contributed by atoms with van der Waals surface area (Å²) in [4.78, 5) is 5.48. The molecular formula is C16H33N3. The highest BCUT2D eigenvalue weighted by Gasteiger charge is 2.31. The van der Waals surface area contributed by atoms with E-state index in [-0.39, 0.29) is 5.54 Å². The minimum Gasteiger partial charge on any atom is -0.311 e. The van der Waals surface area contributed by atoms with Crippen molar-refractivity contribution in [1.82, 2.24) is 15.1 Å². The Labute approximate surface area is 119 Å². The second-order valence-electron chi connectivity index (χ2n) is 7.37. The van der Waals surface area contributed by atoms with Crippen LogP contribution in [0.3, 0.4) is 0 Å². The molecule has 2 saturated heterocycles. The molecule has 0 aromatic carbocycles. The van der Waals surface area contributed by atoms with E-state index >= 15 is 0 Å². The molecule has 2 aliphatic rings. The zero-order valence-corrected chi connectivity index (χ0v) is 13.4. The van der Waals surface area contributed by atoms with E-state index in [9.17, 15) is 0 Å². The molecule has 0 aromatic rings. The van der Waals surface area contributed by atoms with Gasteiger partial charge in [-0.15, -0.1) is 0 Å². The Morgan fingerprint density at radius 3 is 2.58 bits per heavy atom. The van der Waals surface area contributed by atoms with Crippen LogP contribution in [0.2, 0.25) is 0 Å². The Kier molecular flexibility index (Phi) is 5.27. The molecular weight excluding hydrogens is 234 g/mol. The van der Waals surface area contributed by atoms with E-state index in [4.69, 9.17) is 0 Å². The van der Waals surface area contributed by atoms with E-state index in [1.54, 1.807) is 0 Å². The van der Waals surface area contributed by atoms with Crippen molar-refractivity contribution in [2.24, 2.45) is 0 Å². The number of rotatable bonds is 4. The van der Waals surface area contributed by atoms with Crippen LogP contribution in [0.1, 0.15) is 53.4 Å². The highest BCUT2D eigenvalue weighted by molar-refractivity contribution is 4.88. The van der Waals surface area contributed by atoms with Crippen LogP contribution in [0.15, 0.2) is 0 Å². The highest BCUT2D eigenvalue weighted by atomic mass is 15.3. The van der Waals surface area contributed by atoms with E-state index < -0.39 is 0 Å². The smallest absolute Gasteiger partial charge is 0.0223 e. The summed E-state index contributed by atoms with van der Waals surface area (Å²) in [6, 6.07) is 1.55. The maximum Gasteiger partial charge on any atom is 0.0223 e. The monoisotopic (exact) mass is 267 g/mol. The van der Waals surface area contributed by atoms with Crippen molar-refractivity contribution in [2.45, 2.75) is 71.0 Å². The van der Waals surface area contributed by atoms with Gasteiger partial charge >= 0.3 is 0 Å². The average Bonchev–Trinajstić information content (AvgIpc) is 2.67. The fourth-order valence-electron chi connectivity index (χ4n) is 3.52. The molecule has 19 heavy (non-hydrogen) atoms. The van der Waals surface area contributed by atoms with Gasteiger partial charge in [0.1, 0.15) is 0 Å². The van der Waals surface area contributed by atoms with Gasteiger partial charge in [0.2, 0.25) is 0 Å². The maximum atomic E-state index is 3.70. The molecule has 2 rings (SSSR count). The molecule has 2 heterocycles. The van der Waals surface area contributed by atoms with E-state index in [2.05, 4.69) is 42.8 Å². The van der Waals surface area contributed by atoms with Crippen molar-refractivity contribution >= 4 is 0 Å². The number of nitrogens with one attached hydrogen (secondary N) is 1. The van der Waals surface area contributed by atoms with Crippen molar-refractivity contribution in [1.29, 1.82) is 0 Å². The standard InChI is InChI=1S/C16H33N3/c1-5-14(12-17-16(2,3)4)19-11-7-10-18-9-6-8-15(18)13-19/h14-15,17H,5-13H2,1-4H3. The summed E-state index contributed by atoms with van der Waals surface area (Å²) >= 11 is 0. The first kappa shape index (κ1) is 15.3. The maximum absolute atomic E-state index is 3.70. The molecule has 0 amide bonds. The summed E-state index contributed by atoms with van der Waals surface area (Å²) in [6.07, 6.45) is 5.44. The average molecular weight is 267 g/mol. The molecule has 2 unspecified atom stereocenters. The lowest BCUT2D eigenvalue weighted by molar-refractivity contribution is 0.159. The van der Waals surface area contributed by atoms with E-state index in [0.29, 0.717) is 6.04 Å². The van der Waals surface area contributed by atoms with Gasteiger partial charge in [0.05, 0.1) is 0 Å². The van der Waals surface area contributed by atoms with Gasteiger partial charge in [0.25, 0.3) is 0 Å². The van der Waals surface area contributed by atoms with E-state index in [0.717, 1.165) is 12.6 Å². The molecule has 3 nitrogen and oxygen atoms in total. The van der Waals surface area contributed by atoms with Gasteiger partial charge in [-0.05, 0) is 66.1 Å². The molecule has 3 heteroatoms. The predicted molar refractivity (Wildman–Crippen MR) is 82.6 cm³/mol. The molecule has 0 radical (unpaired) electrons. The zero-order chi connectivity index (χ0) is 13.9. The second kappa shape index (κ2) is 6.55. The summed E-state index contributed by atoms with van der Waals surface area (Å²) in [5, 5.41) is 3.70. The van der Waals surface area contributed by atoms with Gasteiger partial charge in [-0.25, -0.2) is 0 Å². The Morgan fingerprint density at radius 2 is 1.89 bits per heavy atom. The molecule has 2 fully saturated rings. The van der Waals surface area contributed by atoms with Gasteiger partial charge < -0.3 is 5.32 Å². The van der Waals surface area contributed by atoms with Crippen LogP contribution in [0.5, 0.6) is 0 Å². The molecule has 0 spiro atoms. The quantitative estimate of drug-likeness (QED) is 0.843. The van der Waals surface area contributed by atoms with Crippen LogP contribution in [0, 0.1) is 0 Å². The molecule has 0 aromatic heterocycles. The van der Waals surface area contributed by atoms with Crippen LogP contribution in [0.25, 0.3) is 0 Å². The minimum absolute atomic E-state index is 0.235. The number of hydrogen-bond acceptors (Lipinski definition) is 3. The first-order valence-corrected chi connectivity index (χ1v) is 8.22. The molecule has 0 saturated carbocycles. The zero-order valence-electron chi connectivity index (χ0n) is 13.4. The van der Waals surface area contributed by atoms with E-state index in [1.807, 2.05) is 0 Å². The largest absolute Gasteiger partial charge is 0.311 e. The topological polar surface area (TPSA) is 18.5 Å². The van der Waals surface area contributed by atoms with Crippen molar-refractivity contribution in [2.75, 3.05) is 32.7 Å². The van der Waals surface area contributed by atoms with Gasteiger partial charge in [-0.1, -0.05) is 6.92 Å². The fraction of sp³-hybridized carbons (Fsp3) is 1.00. The van der Waals surface area contributed by atoms with Crippen LogP contribution in [-0.2, 0) is 0 Å². The second-order valence-corrected chi connectivity index (χ2v) is 7.37. The summed E-state index contributed by atoms with van der Waals surface area (Å²) in [5.41, 5.74) is 0.235. The Bertz CT molecular complexity index is 272. The van der Waals surface area contributed by atoms with Crippen LogP contribution in [0.4, 0.5) is 0 Å². The van der Waals surface area contributed by atoms with Gasteiger partial charge in [-0.2, -0.15) is 0 Å². The Morgan fingerprint density at radius 1 is 1.16 bits per heavy atom. The van der Waals surface area contributed by atoms with Crippen LogP contribution >= 0.6 is 0 Å². The Hall–Kier alpha value is -0.120. The number of nitrogens with zero attached hydrogens (tertiary/aromatic N) is 2. The van der Waals surface area contributed by atoms with Crippen molar-refractivity contribution in [3.8, 4) is 0 Å². The predicted octanol–water partition coefficient (Wildman–Crippen LogP) is 2.32. The minimum atomic E-state index is 0.235. The van der Waals surface area contributed by atoms with E-state index in [1.165, 1.54) is 51.9 Å². The van der Waals surface area contributed by atoms with Crippen LogP contribution < -0.4 is 5.32 Å². The third kappa shape index (κ3) is 4.44. The lowest BCUT2D eigenvalue weighted by atomic mass is 10.1. The molecule has 0 aliphatic carbocycles. The van der Waals surface area contributed by atoms with Crippen molar-refractivity contribution in [3.63, 3.8) is 0 Å². The van der Waals surface area contributed by atoms with Gasteiger partial charge in [0.15, 0.2) is 0 Å². The highest BCUT2D eigenvalue weighted by Crippen LogP contribution is 2.23. The SMILES string of the molecule is CCC(CNC(C)(C)C)N1CCCN2CCCC2C1. The molecule has 2 aliphatic heterocycles. The third-order valence-electron chi connectivity index (χ3n) is 4.69. The summed E-state index contributed by atoms with van der Waals surface area (Å²) in [7, 11) is 0. The fourth-order valence-corrected chi connectivity index (χ4v) is 3.52. The summed E-state index contributed by atoms with van der Waals surface area (Å²) < 4.78 is 0. The normalized spacial score (nSPS) is 28.1. The van der Waals surface area contributed by atoms with Gasteiger partial charge in [0, 0.05) is 30.7 Å². The third-order valence-corrected chi connectivity index (χ3v) is 4.69. The van der Waals surface area contributed by atoms with Crippen LogP contribution in [-0.4, -0.2) is 60.1 Å². The number of fused-ring (bicyclic) bond motifs is 1. The van der Waals surface area contributed by atoms with Gasteiger partial charge in [-0.3, -0.25) is 9.80 Å².